The van der Waals surface area contributed by atoms with Crippen molar-refractivity contribution in [1.29, 1.82) is 0 Å². The molecule has 1 N–H and O–H groups in total. The lowest BCUT2D eigenvalue weighted by Gasteiger charge is -2.30. The van der Waals surface area contributed by atoms with E-state index in [1.54, 1.807) is 12.4 Å². The first-order valence-electron chi connectivity index (χ1n) is 6.13. The number of hydrogen-bond donors (Lipinski definition) is 1. The van der Waals surface area contributed by atoms with Crippen molar-refractivity contribution in [2.45, 2.75) is 19.8 Å². The molecule has 0 atom stereocenters. The van der Waals surface area contributed by atoms with Crippen LogP contribution in [0.3, 0.4) is 0 Å². The van der Waals surface area contributed by atoms with Gasteiger partial charge in [0, 0.05) is 13.1 Å². The average Bonchev–Trinajstić information content (AvgIpc) is 2.40. The summed E-state index contributed by atoms with van der Waals surface area (Å²) >= 11 is 0. The lowest BCUT2D eigenvalue weighted by atomic mass is 9.97. The summed E-state index contributed by atoms with van der Waals surface area (Å²) in [5, 5.41) is 8.93. The van der Waals surface area contributed by atoms with Gasteiger partial charge in [0.15, 0.2) is 0 Å². The maximum atomic E-state index is 10.9. The second kappa shape index (κ2) is 5.66. The van der Waals surface area contributed by atoms with E-state index in [4.69, 9.17) is 9.84 Å². The molecule has 1 aliphatic rings. The lowest BCUT2D eigenvalue weighted by molar-refractivity contribution is -0.142. The van der Waals surface area contributed by atoms with Crippen LogP contribution in [0.4, 0.5) is 5.82 Å². The molecule has 18 heavy (non-hydrogen) atoms. The summed E-state index contributed by atoms with van der Waals surface area (Å²) in [5.41, 5.74) is 0. The number of ether oxygens (including phenoxy) is 1. The van der Waals surface area contributed by atoms with Crippen LogP contribution in [0, 0.1) is 5.92 Å². The Morgan fingerprint density at radius 2 is 2.17 bits per heavy atom. The first kappa shape index (κ1) is 12.6. The Kier molecular flexibility index (Phi) is 3.96. The number of hydrogen-bond acceptors (Lipinski definition) is 5. The van der Waals surface area contributed by atoms with Gasteiger partial charge in [0.2, 0.25) is 5.88 Å². The van der Waals surface area contributed by atoms with Crippen LogP contribution in [0.15, 0.2) is 12.4 Å². The summed E-state index contributed by atoms with van der Waals surface area (Å²) in [4.78, 5) is 21.3. The van der Waals surface area contributed by atoms with Crippen LogP contribution in [0.2, 0.25) is 0 Å². The van der Waals surface area contributed by atoms with Gasteiger partial charge in [-0.05, 0) is 19.8 Å². The smallest absolute Gasteiger partial charge is 0.306 e. The van der Waals surface area contributed by atoms with Gasteiger partial charge >= 0.3 is 5.97 Å². The molecule has 2 rings (SSSR count). The number of rotatable bonds is 4. The minimum absolute atomic E-state index is 0.225. The zero-order valence-electron chi connectivity index (χ0n) is 10.4. The van der Waals surface area contributed by atoms with Crippen LogP contribution >= 0.6 is 0 Å². The molecule has 0 bridgehead atoms. The molecule has 0 aliphatic carbocycles. The van der Waals surface area contributed by atoms with Crippen molar-refractivity contribution in [2.75, 3.05) is 24.6 Å². The number of aliphatic carboxylic acids is 1. The number of nitrogens with zero attached hydrogens (tertiary/aromatic N) is 3. The van der Waals surface area contributed by atoms with E-state index in [0.29, 0.717) is 38.4 Å². The van der Waals surface area contributed by atoms with Crippen LogP contribution in [0.1, 0.15) is 19.8 Å². The van der Waals surface area contributed by atoms with Crippen LogP contribution < -0.4 is 9.64 Å². The van der Waals surface area contributed by atoms with Gasteiger partial charge in [0.1, 0.15) is 5.82 Å². The Morgan fingerprint density at radius 1 is 1.44 bits per heavy atom. The number of carboxylic acids is 1. The van der Waals surface area contributed by atoms with Gasteiger partial charge in [-0.2, -0.15) is 0 Å². The molecule has 1 fully saturated rings. The topological polar surface area (TPSA) is 75.5 Å². The standard InChI is InChI=1S/C12H17N3O3/c1-2-18-11-8-13-10(7-14-11)15-5-3-9(4-6-15)12(16)17/h7-9H,2-6H2,1H3,(H,16,17). The maximum absolute atomic E-state index is 10.9. The van der Waals surface area contributed by atoms with Crippen molar-refractivity contribution in [3.05, 3.63) is 12.4 Å². The van der Waals surface area contributed by atoms with Crippen LogP contribution in [0.5, 0.6) is 5.88 Å². The van der Waals surface area contributed by atoms with Crippen molar-refractivity contribution in [3.63, 3.8) is 0 Å². The maximum Gasteiger partial charge on any atom is 0.306 e. The molecular weight excluding hydrogens is 234 g/mol. The minimum atomic E-state index is -0.701. The van der Waals surface area contributed by atoms with Crippen molar-refractivity contribution < 1.29 is 14.6 Å². The molecule has 0 radical (unpaired) electrons. The first-order chi connectivity index (χ1) is 8.70. The molecule has 2 heterocycles. The molecule has 6 heteroatoms. The molecule has 1 aliphatic heterocycles. The van der Waals surface area contributed by atoms with E-state index in [0.717, 1.165) is 5.82 Å². The summed E-state index contributed by atoms with van der Waals surface area (Å²) in [6, 6.07) is 0. The summed E-state index contributed by atoms with van der Waals surface area (Å²) in [6.45, 7) is 3.88. The molecule has 0 unspecified atom stereocenters. The Balaban J connectivity index is 1.95. The normalized spacial score (nSPS) is 16.6. The quantitative estimate of drug-likeness (QED) is 0.866. The van der Waals surface area contributed by atoms with E-state index in [-0.39, 0.29) is 5.92 Å². The summed E-state index contributed by atoms with van der Waals surface area (Å²) in [7, 11) is 0. The number of piperidine rings is 1. The van der Waals surface area contributed by atoms with Gasteiger partial charge in [-0.3, -0.25) is 4.79 Å². The van der Waals surface area contributed by atoms with E-state index >= 15 is 0 Å². The van der Waals surface area contributed by atoms with Gasteiger partial charge in [-0.1, -0.05) is 0 Å². The van der Waals surface area contributed by atoms with Crippen LogP contribution in [-0.2, 0) is 4.79 Å². The van der Waals surface area contributed by atoms with E-state index in [9.17, 15) is 4.79 Å². The van der Waals surface area contributed by atoms with Crippen molar-refractivity contribution in [1.82, 2.24) is 9.97 Å². The molecule has 0 amide bonds. The average molecular weight is 251 g/mol. The van der Waals surface area contributed by atoms with Gasteiger partial charge in [-0.15, -0.1) is 0 Å². The van der Waals surface area contributed by atoms with Gasteiger partial charge in [0.05, 0.1) is 24.9 Å². The van der Waals surface area contributed by atoms with Crippen molar-refractivity contribution in [3.8, 4) is 5.88 Å². The second-order valence-corrected chi connectivity index (χ2v) is 4.25. The lowest BCUT2D eigenvalue weighted by Crippen LogP contribution is -2.36. The highest BCUT2D eigenvalue weighted by molar-refractivity contribution is 5.70. The highest BCUT2D eigenvalue weighted by Crippen LogP contribution is 2.22. The number of carbonyl (C=O) groups is 1. The van der Waals surface area contributed by atoms with E-state index in [1.807, 2.05) is 6.92 Å². The van der Waals surface area contributed by atoms with Gasteiger partial charge in [0.25, 0.3) is 0 Å². The number of anilines is 1. The third-order valence-electron chi connectivity index (χ3n) is 3.07. The predicted molar refractivity (Wildman–Crippen MR) is 65.8 cm³/mol. The zero-order valence-corrected chi connectivity index (χ0v) is 10.4. The number of aromatic nitrogens is 2. The first-order valence-corrected chi connectivity index (χ1v) is 6.13. The molecule has 6 nitrogen and oxygen atoms in total. The summed E-state index contributed by atoms with van der Waals surface area (Å²) in [6.07, 6.45) is 4.59. The molecule has 0 spiro atoms. The van der Waals surface area contributed by atoms with E-state index < -0.39 is 5.97 Å². The Morgan fingerprint density at radius 3 is 2.67 bits per heavy atom. The predicted octanol–water partition coefficient (Wildman–Crippen LogP) is 1.18. The molecule has 1 saturated heterocycles. The molecule has 0 saturated carbocycles. The Labute approximate surface area is 106 Å². The zero-order chi connectivity index (χ0) is 13.0. The van der Waals surface area contributed by atoms with Gasteiger partial charge < -0.3 is 14.7 Å². The van der Waals surface area contributed by atoms with Crippen molar-refractivity contribution in [2.24, 2.45) is 5.92 Å². The SMILES string of the molecule is CCOc1cnc(N2CCC(C(=O)O)CC2)cn1. The fourth-order valence-electron chi connectivity index (χ4n) is 2.05. The Hall–Kier alpha value is -1.85. The summed E-state index contributed by atoms with van der Waals surface area (Å²) in [5.74, 6) is 0.369. The second-order valence-electron chi connectivity index (χ2n) is 4.25. The van der Waals surface area contributed by atoms with Gasteiger partial charge in [-0.25, -0.2) is 9.97 Å². The summed E-state index contributed by atoms with van der Waals surface area (Å²) < 4.78 is 5.23. The highest BCUT2D eigenvalue weighted by atomic mass is 16.5. The molecule has 98 valence electrons. The third-order valence-corrected chi connectivity index (χ3v) is 3.07. The third kappa shape index (κ3) is 2.88. The van der Waals surface area contributed by atoms with Crippen molar-refractivity contribution >= 4 is 11.8 Å². The fraction of sp³-hybridized carbons (Fsp3) is 0.583. The Bertz CT molecular complexity index is 400. The van der Waals surface area contributed by atoms with E-state index in [2.05, 4.69) is 14.9 Å². The largest absolute Gasteiger partial charge is 0.481 e. The fourth-order valence-corrected chi connectivity index (χ4v) is 2.05. The van der Waals surface area contributed by atoms with E-state index in [1.165, 1.54) is 0 Å². The van der Waals surface area contributed by atoms with Crippen LogP contribution in [-0.4, -0.2) is 40.7 Å². The molecule has 1 aromatic rings. The monoisotopic (exact) mass is 251 g/mol. The van der Waals surface area contributed by atoms with Crippen LogP contribution in [0.25, 0.3) is 0 Å². The number of carboxylic acid groups (broad SMARTS) is 1. The highest BCUT2D eigenvalue weighted by Gasteiger charge is 2.25. The molecule has 1 aromatic heterocycles. The molecule has 0 aromatic carbocycles. The molecular formula is C12H17N3O3. The minimum Gasteiger partial charge on any atom is -0.481 e.